The van der Waals surface area contributed by atoms with Crippen molar-refractivity contribution < 1.29 is 10.0 Å². The van der Waals surface area contributed by atoms with Crippen LogP contribution in [-0.2, 0) is 6.54 Å². The number of nitrogens with one attached hydrogen (secondary N) is 1. The van der Waals surface area contributed by atoms with E-state index in [9.17, 15) is 10.1 Å². The van der Waals surface area contributed by atoms with Gasteiger partial charge in [-0.2, -0.15) is 0 Å². The summed E-state index contributed by atoms with van der Waals surface area (Å²) in [6.07, 6.45) is 3.47. The van der Waals surface area contributed by atoms with Crippen LogP contribution < -0.4 is 11.3 Å². The van der Waals surface area contributed by atoms with Gasteiger partial charge < -0.3 is 10.5 Å². The highest BCUT2D eigenvalue weighted by Crippen LogP contribution is 2.28. The van der Waals surface area contributed by atoms with Crippen molar-refractivity contribution in [2.75, 3.05) is 18.6 Å². The number of hydrogen-bond acceptors (Lipinski definition) is 6. The molecule has 0 heterocycles. The molecule has 4 N–H and O–H groups in total. The van der Waals surface area contributed by atoms with E-state index in [1.54, 1.807) is 6.07 Å². The van der Waals surface area contributed by atoms with Gasteiger partial charge in [-0.3, -0.25) is 20.9 Å². The molecule has 1 aliphatic rings. The molecule has 1 aromatic carbocycles. The quantitative estimate of drug-likeness (QED) is 0.394. The molecule has 0 radical (unpaired) electrons. The first-order valence-corrected chi connectivity index (χ1v) is 6.74. The maximum absolute atomic E-state index is 11.0. The average molecular weight is 280 g/mol. The number of rotatable bonds is 7. The van der Waals surface area contributed by atoms with E-state index in [1.165, 1.54) is 12.5 Å². The van der Waals surface area contributed by atoms with Crippen molar-refractivity contribution in [3.8, 4) is 0 Å². The molecule has 7 nitrogen and oxygen atoms in total. The molecule has 0 aliphatic heterocycles. The molecule has 20 heavy (non-hydrogen) atoms. The lowest BCUT2D eigenvalue weighted by Crippen LogP contribution is -2.41. The van der Waals surface area contributed by atoms with Gasteiger partial charge in [0.1, 0.15) is 5.69 Å². The fourth-order valence-corrected chi connectivity index (χ4v) is 2.45. The summed E-state index contributed by atoms with van der Waals surface area (Å²) >= 11 is 0. The highest BCUT2D eigenvalue weighted by Gasteiger charge is 2.25. The molecule has 0 bridgehead atoms. The van der Waals surface area contributed by atoms with Crippen LogP contribution in [0.4, 0.5) is 11.4 Å². The van der Waals surface area contributed by atoms with Crippen molar-refractivity contribution in [2.45, 2.75) is 31.8 Å². The third-order valence-corrected chi connectivity index (χ3v) is 3.78. The number of nitrogens with two attached hydrogens (primary N) is 1. The predicted octanol–water partition coefficient (Wildman–Crippen LogP) is 1.23. The van der Waals surface area contributed by atoms with Crippen LogP contribution in [0.15, 0.2) is 18.2 Å². The zero-order valence-electron chi connectivity index (χ0n) is 11.3. The van der Waals surface area contributed by atoms with E-state index in [0.29, 0.717) is 24.8 Å². The lowest BCUT2D eigenvalue weighted by molar-refractivity contribution is -0.384. The Morgan fingerprint density at radius 1 is 1.50 bits per heavy atom. The van der Waals surface area contributed by atoms with Gasteiger partial charge in [-0.25, -0.2) is 0 Å². The predicted molar refractivity (Wildman–Crippen MR) is 76.0 cm³/mol. The molecular formula is C13H20N4O3. The fourth-order valence-electron chi connectivity index (χ4n) is 2.45. The van der Waals surface area contributed by atoms with Crippen molar-refractivity contribution >= 4 is 11.4 Å². The molecule has 0 aromatic heterocycles. The second kappa shape index (κ2) is 6.65. The lowest BCUT2D eigenvalue weighted by atomic mass is 9.91. The lowest BCUT2D eigenvalue weighted by Gasteiger charge is -2.37. The van der Waals surface area contributed by atoms with Gasteiger partial charge in [0.25, 0.3) is 5.69 Å². The number of aliphatic hydroxyl groups is 1. The summed E-state index contributed by atoms with van der Waals surface area (Å²) in [5.41, 5.74) is 3.47. The second-order valence-electron chi connectivity index (χ2n) is 5.03. The number of nitro benzene ring substituents is 1. The van der Waals surface area contributed by atoms with Gasteiger partial charge in [0, 0.05) is 25.2 Å². The maximum atomic E-state index is 11.0. The van der Waals surface area contributed by atoms with E-state index in [1.807, 2.05) is 6.07 Å². The van der Waals surface area contributed by atoms with Crippen LogP contribution in [-0.4, -0.2) is 34.1 Å². The fraction of sp³-hybridized carbons (Fsp3) is 0.538. The molecule has 0 saturated heterocycles. The van der Waals surface area contributed by atoms with Crippen LogP contribution in [0.3, 0.4) is 0 Å². The normalized spacial score (nSPS) is 15.2. The summed E-state index contributed by atoms with van der Waals surface area (Å²) in [6, 6.07) is 5.46. The Balaban J connectivity index is 2.14. The number of anilines is 1. The van der Waals surface area contributed by atoms with E-state index in [2.05, 4.69) is 10.3 Å². The van der Waals surface area contributed by atoms with E-state index >= 15 is 0 Å². The monoisotopic (exact) mass is 280 g/mol. The van der Waals surface area contributed by atoms with E-state index in [4.69, 9.17) is 10.9 Å². The van der Waals surface area contributed by atoms with Crippen LogP contribution in [0.5, 0.6) is 0 Å². The van der Waals surface area contributed by atoms with Gasteiger partial charge in [0.05, 0.1) is 11.5 Å². The first kappa shape index (κ1) is 14.7. The van der Waals surface area contributed by atoms with Crippen LogP contribution in [0.2, 0.25) is 0 Å². The summed E-state index contributed by atoms with van der Waals surface area (Å²) < 4.78 is 0. The number of hydrazine groups is 1. The number of nitrogen functional groups attached to an aromatic ring is 1. The topological polar surface area (TPSA) is 105 Å². The van der Waals surface area contributed by atoms with E-state index in [-0.39, 0.29) is 12.3 Å². The van der Waals surface area contributed by atoms with Crippen molar-refractivity contribution in [1.29, 1.82) is 0 Å². The number of nitrogens with zero attached hydrogens (tertiary/aromatic N) is 2. The van der Waals surface area contributed by atoms with Crippen molar-refractivity contribution in [3.63, 3.8) is 0 Å². The SMILES string of the molecule is NNc1ccc(CN(CCO)C2CCC2)cc1[N+](=O)[O-]. The van der Waals surface area contributed by atoms with Crippen LogP contribution in [0, 0.1) is 10.1 Å². The average Bonchev–Trinajstić information content (AvgIpc) is 2.36. The van der Waals surface area contributed by atoms with Crippen molar-refractivity contribution in [1.82, 2.24) is 4.90 Å². The Morgan fingerprint density at radius 2 is 2.25 bits per heavy atom. The first-order valence-electron chi connectivity index (χ1n) is 6.74. The number of nitro groups is 1. The standard InChI is InChI=1S/C13H20N4O3/c14-15-12-5-4-10(8-13(12)17(19)20)9-16(6-7-18)11-2-1-3-11/h4-5,8,11,15,18H,1-3,6-7,9,14H2. The smallest absolute Gasteiger partial charge is 0.293 e. The summed E-state index contributed by atoms with van der Waals surface area (Å²) in [5, 5.41) is 20.1. The highest BCUT2D eigenvalue weighted by molar-refractivity contribution is 5.61. The van der Waals surface area contributed by atoms with Crippen LogP contribution >= 0.6 is 0 Å². The van der Waals surface area contributed by atoms with Crippen molar-refractivity contribution in [3.05, 3.63) is 33.9 Å². The minimum Gasteiger partial charge on any atom is -0.395 e. The van der Waals surface area contributed by atoms with Gasteiger partial charge in [0.15, 0.2) is 0 Å². The number of hydrogen-bond donors (Lipinski definition) is 3. The molecule has 0 spiro atoms. The van der Waals surface area contributed by atoms with Crippen LogP contribution in [0.25, 0.3) is 0 Å². The third kappa shape index (κ3) is 3.24. The summed E-state index contributed by atoms with van der Waals surface area (Å²) in [5.74, 6) is 5.27. The van der Waals surface area contributed by atoms with Crippen molar-refractivity contribution in [2.24, 2.45) is 5.84 Å². The molecule has 0 atom stereocenters. The van der Waals surface area contributed by atoms with E-state index < -0.39 is 4.92 Å². The Bertz CT molecular complexity index is 477. The number of aliphatic hydroxyl groups excluding tert-OH is 1. The molecule has 110 valence electrons. The summed E-state index contributed by atoms with van der Waals surface area (Å²) in [7, 11) is 0. The molecule has 7 heteroatoms. The Hall–Kier alpha value is -1.70. The van der Waals surface area contributed by atoms with Gasteiger partial charge in [-0.05, 0) is 24.5 Å². The van der Waals surface area contributed by atoms with Gasteiger partial charge in [0.2, 0.25) is 0 Å². The molecule has 1 aromatic rings. The molecular weight excluding hydrogens is 260 g/mol. The molecule has 1 saturated carbocycles. The zero-order valence-corrected chi connectivity index (χ0v) is 11.3. The van der Waals surface area contributed by atoms with E-state index in [0.717, 1.165) is 18.4 Å². The van der Waals surface area contributed by atoms with Gasteiger partial charge in [-0.1, -0.05) is 12.5 Å². The maximum Gasteiger partial charge on any atom is 0.293 e. The molecule has 2 rings (SSSR count). The Labute approximate surface area is 117 Å². The zero-order chi connectivity index (χ0) is 14.5. The summed E-state index contributed by atoms with van der Waals surface area (Å²) in [6.45, 7) is 1.30. The molecule has 0 unspecified atom stereocenters. The minimum absolute atomic E-state index is 0.0254. The minimum atomic E-state index is -0.446. The largest absolute Gasteiger partial charge is 0.395 e. The number of benzene rings is 1. The molecule has 1 aliphatic carbocycles. The third-order valence-electron chi connectivity index (χ3n) is 3.78. The Kier molecular flexibility index (Phi) is 4.89. The first-order chi connectivity index (χ1) is 9.65. The second-order valence-corrected chi connectivity index (χ2v) is 5.03. The van der Waals surface area contributed by atoms with Crippen LogP contribution in [0.1, 0.15) is 24.8 Å². The Morgan fingerprint density at radius 3 is 2.75 bits per heavy atom. The highest BCUT2D eigenvalue weighted by atomic mass is 16.6. The summed E-state index contributed by atoms with van der Waals surface area (Å²) in [4.78, 5) is 12.7. The molecule has 1 fully saturated rings. The van der Waals surface area contributed by atoms with Gasteiger partial charge in [-0.15, -0.1) is 0 Å². The molecule has 0 amide bonds. The van der Waals surface area contributed by atoms with Gasteiger partial charge >= 0.3 is 0 Å².